The maximum absolute atomic E-state index is 13.7. The van der Waals surface area contributed by atoms with E-state index in [9.17, 15) is 13.2 Å². The number of hydrogen-bond donors (Lipinski definition) is 0. The Bertz CT molecular complexity index is 1060. The van der Waals surface area contributed by atoms with Gasteiger partial charge in [0.2, 0.25) is 15.9 Å². The van der Waals surface area contributed by atoms with Gasteiger partial charge in [-0.1, -0.05) is 36.2 Å². The summed E-state index contributed by atoms with van der Waals surface area (Å²) in [5.74, 6) is 0.649. The first-order valence-electron chi connectivity index (χ1n) is 11.6. The highest BCUT2D eigenvalue weighted by atomic mass is 32.2. The summed E-state index contributed by atoms with van der Waals surface area (Å²) >= 11 is 0. The van der Waals surface area contributed by atoms with Crippen molar-refractivity contribution in [2.75, 3.05) is 33.3 Å². The smallest absolute Gasteiger partial charge is 0.245 e. The van der Waals surface area contributed by atoms with Gasteiger partial charge in [0, 0.05) is 12.6 Å². The highest BCUT2D eigenvalue weighted by molar-refractivity contribution is 7.89. The average Bonchev–Trinajstić information content (AvgIpc) is 3.18. The normalized spacial score (nSPS) is 22.5. The summed E-state index contributed by atoms with van der Waals surface area (Å²) in [4.78, 5) is 17.7. The van der Waals surface area contributed by atoms with E-state index in [1.165, 1.54) is 10.7 Å². The standard InChI is InChI=1S/C25H33N3O4S/c1-19-7-13-23(14-8-19)33(30,31)27-17-20(2)28(24(29)18-26-15-5-4-6-16-26)25(27)21-9-11-22(32-3)12-10-21/h7-14,20,25H,4-6,15-18H2,1-3H3. The number of piperidine rings is 1. The zero-order valence-electron chi connectivity index (χ0n) is 19.6. The molecule has 2 aliphatic heterocycles. The first-order chi connectivity index (χ1) is 15.8. The van der Waals surface area contributed by atoms with Crippen molar-refractivity contribution in [2.45, 2.75) is 50.2 Å². The van der Waals surface area contributed by atoms with Gasteiger partial charge in [-0.2, -0.15) is 4.31 Å². The molecule has 2 aliphatic rings. The summed E-state index contributed by atoms with van der Waals surface area (Å²) in [6, 6.07) is 13.9. The second kappa shape index (κ2) is 9.83. The first kappa shape index (κ1) is 23.7. The SMILES string of the molecule is COc1ccc(C2N(C(=O)CN3CCCCC3)C(C)CN2S(=O)(=O)c2ccc(C)cc2)cc1. The van der Waals surface area contributed by atoms with E-state index < -0.39 is 16.2 Å². The molecule has 2 aromatic rings. The molecule has 7 nitrogen and oxygen atoms in total. The van der Waals surface area contributed by atoms with Crippen molar-refractivity contribution in [3.63, 3.8) is 0 Å². The summed E-state index contributed by atoms with van der Waals surface area (Å²) in [6.07, 6.45) is 2.69. The number of sulfonamides is 1. The molecule has 2 fully saturated rings. The lowest BCUT2D eigenvalue weighted by Gasteiger charge is -2.34. The fourth-order valence-electron chi connectivity index (χ4n) is 4.78. The molecule has 2 saturated heterocycles. The van der Waals surface area contributed by atoms with Gasteiger partial charge in [-0.3, -0.25) is 9.69 Å². The van der Waals surface area contributed by atoms with Crippen molar-refractivity contribution in [1.82, 2.24) is 14.1 Å². The second-order valence-electron chi connectivity index (χ2n) is 9.02. The van der Waals surface area contributed by atoms with E-state index in [-0.39, 0.29) is 23.4 Å². The van der Waals surface area contributed by atoms with Gasteiger partial charge in [-0.15, -0.1) is 0 Å². The van der Waals surface area contributed by atoms with E-state index in [1.54, 1.807) is 36.3 Å². The number of aryl methyl sites for hydroxylation is 1. The lowest BCUT2D eigenvalue weighted by molar-refractivity contribution is -0.136. The van der Waals surface area contributed by atoms with Gasteiger partial charge in [0.05, 0.1) is 18.6 Å². The number of likely N-dealkylation sites (tertiary alicyclic amines) is 1. The minimum Gasteiger partial charge on any atom is -0.497 e. The molecular weight excluding hydrogens is 438 g/mol. The Morgan fingerprint density at radius 2 is 1.64 bits per heavy atom. The zero-order valence-corrected chi connectivity index (χ0v) is 20.4. The van der Waals surface area contributed by atoms with E-state index in [1.807, 2.05) is 38.1 Å². The summed E-state index contributed by atoms with van der Waals surface area (Å²) in [7, 11) is -2.21. The molecule has 2 unspecified atom stereocenters. The summed E-state index contributed by atoms with van der Waals surface area (Å²) in [5, 5.41) is 0. The van der Waals surface area contributed by atoms with Crippen molar-refractivity contribution >= 4 is 15.9 Å². The van der Waals surface area contributed by atoms with Crippen molar-refractivity contribution in [3.05, 3.63) is 59.7 Å². The van der Waals surface area contributed by atoms with Crippen LogP contribution in [0.3, 0.4) is 0 Å². The summed E-state index contributed by atoms with van der Waals surface area (Å²) in [5.41, 5.74) is 1.75. The van der Waals surface area contributed by atoms with Crippen molar-refractivity contribution in [1.29, 1.82) is 0 Å². The molecule has 1 amide bonds. The van der Waals surface area contributed by atoms with E-state index in [2.05, 4.69) is 4.90 Å². The Morgan fingerprint density at radius 1 is 1.00 bits per heavy atom. The largest absolute Gasteiger partial charge is 0.497 e. The van der Waals surface area contributed by atoms with Gasteiger partial charge in [0.1, 0.15) is 11.9 Å². The molecule has 2 heterocycles. The lowest BCUT2D eigenvalue weighted by atomic mass is 10.1. The predicted molar refractivity (Wildman–Crippen MR) is 127 cm³/mol. The Morgan fingerprint density at radius 3 is 2.24 bits per heavy atom. The van der Waals surface area contributed by atoms with Crippen LogP contribution in [0, 0.1) is 6.92 Å². The number of carbonyl (C=O) groups is 1. The zero-order chi connectivity index (χ0) is 23.6. The van der Waals surface area contributed by atoms with E-state index >= 15 is 0 Å². The monoisotopic (exact) mass is 471 g/mol. The molecule has 0 saturated carbocycles. The number of nitrogens with zero attached hydrogens (tertiary/aromatic N) is 3. The van der Waals surface area contributed by atoms with Gasteiger partial charge in [0.15, 0.2) is 0 Å². The highest BCUT2D eigenvalue weighted by Crippen LogP contribution is 2.38. The van der Waals surface area contributed by atoms with Crippen molar-refractivity contribution in [2.24, 2.45) is 0 Å². The van der Waals surface area contributed by atoms with Crippen molar-refractivity contribution < 1.29 is 17.9 Å². The molecular formula is C25H33N3O4S. The fraction of sp³-hybridized carbons (Fsp3) is 0.480. The number of amides is 1. The molecule has 2 aromatic carbocycles. The van der Waals surface area contributed by atoms with Gasteiger partial charge >= 0.3 is 0 Å². The maximum atomic E-state index is 13.7. The van der Waals surface area contributed by atoms with Gasteiger partial charge in [-0.25, -0.2) is 8.42 Å². The number of carbonyl (C=O) groups excluding carboxylic acids is 1. The number of rotatable bonds is 6. The van der Waals surface area contributed by atoms with Crippen LogP contribution in [0.2, 0.25) is 0 Å². The topological polar surface area (TPSA) is 70.2 Å². The van der Waals surface area contributed by atoms with Crippen LogP contribution >= 0.6 is 0 Å². The highest BCUT2D eigenvalue weighted by Gasteiger charge is 2.47. The molecule has 2 atom stereocenters. The number of benzene rings is 2. The van der Waals surface area contributed by atoms with Gasteiger partial charge < -0.3 is 9.64 Å². The van der Waals surface area contributed by atoms with Crippen LogP contribution in [-0.2, 0) is 14.8 Å². The molecule has 178 valence electrons. The van der Waals surface area contributed by atoms with Crippen LogP contribution in [0.25, 0.3) is 0 Å². The minimum absolute atomic E-state index is 0.0353. The van der Waals surface area contributed by atoms with Crippen LogP contribution < -0.4 is 4.74 Å². The third-order valence-corrected chi connectivity index (χ3v) is 8.43. The number of hydrogen-bond acceptors (Lipinski definition) is 5. The molecule has 4 rings (SSSR count). The first-order valence-corrected chi connectivity index (χ1v) is 13.0. The van der Waals surface area contributed by atoms with Gasteiger partial charge in [0.25, 0.3) is 0 Å². The molecule has 8 heteroatoms. The summed E-state index contributed by atoms with van der Waals surface area (Å²) in [6.45, 7) is 6.23. The van der Waals surface area contributed by atoms with Crippen LogP contribution in [-0.4, -0.2) is 67.8 Å². The number of ether oxygens (including phenoxy) is 1. The van der Waals surface area contributed by atoms with Crippen LogP contribution in [0.1, 0.15) is 43.5 Å². The van der Waals surface area contributed by atoms with E-state index in [0.29, 0.717) is 12.3 Å². The lowest BCUT2D eigenvalue weighted by Crippen LogP contribution is -2.45. The quantitative estimate of drug-likeness (QED) is 0.646. The van der Waals surface area contributed by atoms with Gasteiger partial charge in [-0.05, 0) is 69.6 Å². The third kappa shape index (κ3) is 4.93. The van der Waals surface area contributed by atoms with Crippen molar-refractivity contribution in [3.8, 4) is 5.75 Å². The minimum atomic E-state index is -3.81. The maximum Gasteiger partial charge on any atom is 0.245 e. The Hall–Kier alpha value is -2.42. The molecule has 0 aromatic heterocycles. The molecule has 33 heavy (non-hydrogen) atoms. The number of methoxy groups -OCH3 is 1. The van der Waals surface area contributed by atoms with Crippen LogP contribution in [0.4, 0.5) is 0 Å². The third-order valence-electron chi connectivity index (χ3n) is 6.59. The van der Waals surface area contributed by atoms with E-state index in [4.69, 9.17) is 4.74 Å². The van der Waals surface area contributed by atoms with E-state index in [0.717, 1.165) is 37.1 Å². The fourth-order valence-corrected chi connectivity index (χ4v) is 6.43. The van der Waals surface area contributed by atoms with Crippen LogP contribution in [0.5, 0.6) is 5.75 Å². The average molecular weight is 472 g/mol. The van der Waals surface area contributed by atoms with Crippen LogP contribution in [0.15, 0.2) is 53.4 Å². The molecule has 0 spiro atoms. The Kier molecular flexibility index (Phi) is 7.07. The molecule has 0 radical (unpaired) electrons. The molecule has 0 N–H and O–H groups in total. The predicted octanol–water partition coefficient (Wildman–Crippen LogP) is 3.41. The Balaban J connectivity index is 1.70. The molecule has 0 bridgehead atoms. The Labute approximate surface area is 197 Å². The molecule has 0 aliphatic carbocycles. The second-order valence-corrected chi connectivity index (χ2v) is 10.9. The summed E-state index contributed by atoms with van der Waals surface area (Å²) < 4.78 is 34.2.